The number of nitrogens with zero attached hydrogens (tertiary/aromatic N) is 3. The van der Waals surface area contributed by atoms with E-state index in [0.717, 1.165) is 6.42 Å². The third-order valence-corrected chi connectivity index (χ3v) is 4.50. The minimum atomic E-state index is -0.582. The van der Waals surface area contributed by atoms with Crippen LogP contribution in [0, 0.1) is 16.0 Å². The fourth-order valence-electron chi connectivity index (χ4n) is 2.04. The molecule has 0 aliphatic rings. The van der Waals surface area contributed by atoms with Gasteiger partial charge in [-0.3, -0.25) is 14.9 Å². The number of hydrogen-bond donors (Lipinski definition) is 1. The largest absolute Gasteiger partial charge is 0.325 e. The maximum atomic E-state index is 12.1. The maximum Gasteiger partial charge on any atom is 0.269 e. The van der Waals surface area contributed by atoms with E-state index in [1.165, 1.54) is 24.3 Å². The Labute approximate surface area is 156 Å². The zero-order chi connectivity index (χ0) is 19.1. The van der Waals surface area contributed by atoms with E-state index in [9.17, 15) is 14.9 Å². The number of rotatable bonds is 7. The van der Waals surface area contributed by atoms with Gasteiger partial charge in [0, 0.05) is 17.8 Å². The third-order valence-electron chi connectivity index (χ3n) is 3.87. The molecule has 2 aromatic carbocycles. The molecule has 8 heteroatoms. The number of nitro benzene ring substituents is 1. The summed E-state index contributed by atoms with van der Waals surface area (Å²) in [6.45, 7) is 3.91. The second-order valence-electron chi connectivity index (χ2n) is 5.80. The van der Waals surface area contributed by atoms with Crippen molar-refractivity contribution in [3.63, 3.8) is 0 Å². The summed E-state index contributed by atoms with van der Waals surface area (Å²) in [6.07, 6.45) is 0.823. The second kappa shape index (κ2) is 9.05. The van der Waals surface area contributed by atoms with Crippen LogP contribution < -0.4 is 5.32 Å². The molecule has 0 fully saturated rings. The third kappa shape index (κ3) is 5.35. The highest BCUT2D eigenvalue weighted by Gasteiger charge is 2.21. The number of azo groups is 1. The van der Waals surface area contributed by atoms with E-state index < -0.39 is 10.3 Å². The van der Waals surface area contributed by atoms with Crippen molar-refractivity contribution in [1.82, 2.24) is 0 Å². The average Bonchev–Trinajstić information content (AvgIpc) is 2.66. The van der Waals surface area contributed by atoms with Gasteiger partial charge in [0.25, 0.3) is 5.69 Å². The maximum absolute atomic E-state index is 12.1. The summed E-state index contributed by atoms with van der Waals surface area (Å²) in [6, 6.07) is 12.6. The lowest BCUT2D eigenvalue weighted by atomic mass is 10.0. The van der Waals surface area contributed by atoms with Gasteiger partial charge in [0.1, 0.15) is 5.38 Å². The number of anilines is 1. The molecule has 0 radical (unpaired) electrons. The van der Waals surface area contributed by atoms with Crippen LogP contribution in [-0.2, 0) is 4.79 Å². The highest BCUT2D eigenvalue weighted by atomic mass is 35.5. The van der Waals surface area contributed by atoms with Crippen molar-refractivity contribution in [2.45, 2.75) is 25.6 Å². The summed E-state index contributed by atoms with van der Waals surface area (Å²) in [7, 11) is 0. The van der Waals surface area contributed by atoms with E-state index in [1.54, 1.807) is 24.3 Å². The highest BCUT2D eigenvalue weighted by Crippen LogP contribution is 2.23. The Morgan fingerprint density at radius 2 is 1.62 bits per heavy atom. The van der Waals surface area contributed by atoms with Crippen molar-refractivity contribution >= 4 is 40.3 Å². The predicted molar refractivity (Wildman–Crippen MR) is 101 cm³/mol. The van der Waals surface area contributed by atoms with Gasteiger partial charge in [0.05, 0.1) is 16.3 Å². The summed E-state index contributed by atoms with van der Waals surface area (Å²) < 4.78 is 0. The van der Waals surface area contributed by atoms with Crippen LogP contribution in [0.2, 0.25) is 0 Å². The molecule has 0 aliphatic carbocycles. The van der Waals surface area contributed by atoms with E-state index in [-0.39, 0.29) is 17.5 Å². The predicted octanol–water partition coefficient (Wildman–Crippen LogP) is 5.60. The molecule has 2 atom stereocenters. The highest BCUT2D eigenvalue weighted by molar-refractivity contribution is 6.32. The van der Waals surface area contributed by atoms with E-state index in [1.807, 2.05) is 13.8 Å². The van der Waals surface area contributed by atoms with Crippen LogP contribution in [0.4, 0.5) is 22.7 Å². The fourth-order valence-corrected chi connectivity index (χ4v) is 2.28. The lowest BCUT2D eigenvalue weighted by Crippen LogP contribution is -2.28. The molecule has 1 N–H and O–H groups in total. The molecule has 0 spiro atoms. The smallest absolute Gasteiger partial charge is 0.269 e. The normalized spacial score (nSPS) is 13.3. The summed E-state index contributed by atoms with van der Waals surface area (Å²) in [5, 5.41) is 20.9. The Bertz CT molecular complexity index is 791. The summed E-state index contributed by atoms with van der Waals surface area (Å²) in [4.78, 5) is 22.2. The molecule has 0 saturated heterocycles. The first kappa shape index (κ1) is 19.5. The van der Waals surface area contributed by atoms with E-state index >= 15 is 0 Å². The van der Waals surface area contributed by atoms with Gasteiger partial charge in [-0.1, -0.05) is 20.3 Å². The van der Waals surface area contributed by atoms with Crippen molar-refractivity contribution in [1.29, 1.82) is 0 Å². The van der Waals surface area contributed by atoms with Gasteiger partial charge >= 0.3 is 0 Å². The number of halogens is 1. The standard InChI is InChI=1S/C18H19ClN4O3/c1-3-12(2)17(19)18(24)20-13-4-6-14(7-5-13)21-22-15-8-10-16(11-9-15)23(25)26/h4-12,17H,3H2,1-2H3,(H,20,24)/t12-,17-/m0/s1. The van der Waals surface area contributed by atoms with Crippen LogP contribution in [0.25, 0.3) is 0 Å². The molecule has 2 rings (SSSR count). The Balaban J connectivity index is 1.98. The molecule has 136 valence electrons. The molecule has 1 amide bonds. The number of non-ortho nitro benzene ring substituents is 1. The average molecular weight is 375 g/mol. The Morgan fingerprint density at radius 1 is 1.12 bits per heavy atom. The van der Waals surface area contributed by atoms with E-state index in [4.69, 9.17) is 11.6 Å². The number of carbonyl (C=O) groups excluding carboxylic acids is 1. The summed E-state index contributed by atoms with van der Waals surface area (Å²) in [5.41, 5.74) is 1.72. The molecule has 0 unspecified atom stereocenters. The first-order valence-corrected chi connectivity index (χ1v) is 8.55. The number of nitrogens with one attached hydrogen (secondary N) is 1. The SMILES string of the molecule is CC[C@H](C)[C@H](Cl)C(=O)Nc1ccc(N=Nc2ccc([N+](=O)[O-])cc2)cc1. The van der Waals surface area contributed by atoms with E-state index in [2.05, 4.69) is 15.5 Å². The van der Waals surface area contributed by atoms with Gasteiger partial charge in [0.2, 0.25) is 5.91 Å². The molecule has 7 nitrogen and oxygen atoms in total. The first-order chi connectivity index (χ1) is 12.4. The molecule has 26 heavy (non-hydrogen) atoms. The molecule has 0 aliphatic heterocycles. The number of alkyl halides is 1. The quantitative estimate of drug-likeness (QED) is 0.295. The zero-order valence-electron chi connectivity index (χ0n) is 14.4. The molecule has 0 aromatic heterocycles. The Morgan fingerprint density at radius 3 is 2.08 bits per heavy atom. The number of nitro groups is 1. The van der Waals surface area contributed by atoms with Crippen molar-refractivity contribution in [3.8, 4) is 0 Å². The minimum absolute atomic E-state index is 0.000897. The summed E-state index contributed by atoms with van der Waals surface area (Å²) >= 11 is 6.12. The van der Waals surface area contributed by atoms with Crippen LogP contribution in [0.15, 0.2) is 58.8 Å². The van der Waals surface area contributed by atoms with Gasteiger partial charge in [-0.05, 0) is 42.3 Å². The number of amides is 1. The van der Waals surface area contributed by atoms with Gasteiger partial charge in [-0.2, -0.15) is 10.2 Å². The van der Waals surface area contributed by atoms with Gasteiger partial charge in [-0.15, -0.1) is 11.6 Å². The van der Waals surface area contributed by atoms with Crippen molar-refractivity contribution in [2.75, 3.05) is 5.32 Å². The molecule has 0 heterocycles. The Kier molecular flexibility index (Phi) is 6.80. The molecule has 0 bridgehead atoms. The minimum Gasteiger partial charge on any atom is -0.325 e. The van der Waals surface area contributed by atoms with Crippen molar-refractivity contribution in [3.05, 3.63) is 58.6 Å². The first-order valence-electron chi connectivity index (χ1n) is 8.12. The van der Waals surface area contributed by atoms with Crippen LogP contribution in [0.1, 0.15) is 20.3 Å². The van der Waals surface area contributed by atoms with E-state index in [0.29, 0.717) is 17.1 Å². The molecular weight excluding hydrogens is 356 g/mol. The summed E-state index contributed by atoms with van der Waals surface area (Å²) in [5.74, 6) is -0.146. The Hall–Kier alpha value is -2.80. The van der Waals surface area contributed by atoms with Gasteiger partial charge in [-0.25, -0.2) is 0 Å². The van der Waals surface area contributed by atoms with Gasteiger partial charge < -0.3 is 5.32 Å². The van der Waals surface area contributed by atoms with Crippen molar-refractivity contribution in [2.24, 2.45) is 16.1 Å². The molecule has 2 aromatic rings. The number of carbonyl (C=O) groups is 1. The van der Waals surface area contributed by atoms with Crippen LogP contribution in [-0.4, -0.2) is 16.2 Å². The molecular formula is C18H19ClN4O3. The number of hydrogen-bond acceptors (Lipinski definition) is 5. The number of benzene rings is 2. The second-order valence-corrected chi connectivity index (χ2v) is 6.27. The topological polar surface area (TPSA) is 97.0 Å². The monoisotopic (exact) mass is 374 g/mol. The van der Waals surface area contributed by atoms with Crippen molar-refractivity contribution < 1.29 is 9.72 Å². The van der Waals surface area contributed by atoms with Crippen LogP contribution in [0.5, 0.6) is 0 Å². The van der Waals surface area contributed by atoms with Crippen LogP contribution in [0.3, 0.4) is 0 Å². The van der Waals surface area contributed by atoms with Gasteiger partial charge in [0.15, 0.2) is 0 Å². The van der Waals surface area contributed by atoms with Crippen LogP contribution >= 0.6 is 11.6 Å². The lowest BCUT2D eigenvalue weighted by molar-refractivity contribution is -0.384. The lowest BCUT2D eigenvalue weighted by Gasteiger charge is -2.15. The fraction of sp³-hybridized carbons (Fsp3) is 0.278. The molecule has 0 saturated carbocycles. The zero-order valence-corrected chi connectivity index (χ0v) is 15.2.